The van der Waals surface area contributed by atoms with Gasteiger partial charge in [-0.3, -0.25) is 0 Å². The number of rotatable bonds is 1. The Morgan fingerprint density at radius 2 is 2.22 bits per heavy atom. The van der Waals surface area contributed by atoms with Gasteiger partial charge in [-0.2, -0.15) is 4.31 Å². The van der Waals surface area contributed by atoms with Gasteiger partial charge in [-0.05, 0) is 0 Å². The molecule has 1 rings (SSSR count). The van der Waals surface area contributed by atoms with Crippen molar-refractivity contribution in [1.82, 2.24) is 4.31 Å². The van der Waals surface area contributed by atoms with Crippen LogP contribution in [0, 0.1) is 0 Å². The summed E-state index contributed by atoms with van der Waals surface area (Å²) in [6.45, 7) is 1.24. The first-order valence-corrected chi connectivity index (χ1v) is 4.48. The lowest BCUT2D eigenvalue weighted by Crippen LogP contribution is -2.26. The van der Waals surface area contributed by atoms with Gasteiger partial charge in [-0.1, -0.05) is 0 Å². The molecule has 1 heterocycles. The Bertz CT molecular complexity index is 180. The topological polar surface area (TPSA) is 46.6 Å². The van der Waals surface area contributed by atoms with Crippen LogP contribution in [0.1, 0.15) is 0 Å². The number of nitrogens with zero attached hydrogens (tertiary/aromatic N) is 1. The first kappa shape index (κ1) is 6.98. The molecule has 0 aliphatic carbocycles. The molecule has 9 heavy (non-hydrogen) atoms. The molecule has 1 aliphatic rings. The fourth-order valence-corrected chi connectivity index (χ4v) is 1.33. The fourth-order valence-electron chi connectivity index (χ4n) is 0.659. The minimum absolute atomic E-state index is 0.221. The fraction of sp³-hybridized carbons (Fsp3) is 1.00. The summed E-state index contributed by atoms with van der Waals surface area (Å²) in [5.41, 5.74) is 0. The molecule has 0 unspecified atom stereocenters. The van der Waals surface area contributed by atoms with Crippen LogP contribution in [-0.2, 0) is 14.8 Å². The summed E-state index contributed by atoms with van der Waals surface area (Å²) < 4.78 is 27.5. The van der Waals surface area contributed by atoms with E-state index in [9.17, 15) is 8.42 Å². The van der Waals surface area contributed by atoms with Crippen LogP contribution in [0.4, 0.5) is 0 Å². The van der Waals surface area contributed by atoms with E-state index in [0.29, 0.717) is 13.2 Å². The lowest BCUT2D eigenvalue weighted by Gasteiger charge is -2.07. The van der Waals surface area contributed by atoms with Gasteiger partial charge in [-0.25, -0.2) is 8.42 Å². The van der Waals surface area contributed by atoms with E-state index in [1.807, 2.05) is 0 Å². The average Bonchev–Trinajstić information content (AvgIpc) is 2.08. The maximum atomic E-state index is 10.7. The summed E-state index contributed by atoms with van der Waals surface area (Å²) in [5, 5.41) is 0. The van der Waals surface area contributed by atoms with Crippen LogP contribution in [0.5, 0.6) is 0 Å². The lowest BCUT2D eigenvalue weighted by atomic mass is 10.7. The molecule has 54 valence electrons. The maximum Gasteiger partial charge on any atom is 0.213 e. The summed E-state index contributed by atoms with van der Waals surface area (Å²) in [6.07, 6.45) is 1.18. The van der Waals surface area contributed by atoms with Crippen molar-refractivity contribution < 1.29 is 13.2 Å². The van der Waals surface area contributed by atoms with Crippen molar-refractivity contribution in [2.24, 2.45) is 0 Å². The van der Waals surface area contributed by atoms with E-state index in [0.717, 1.165) is 0 Å². The molecule has 1 fully saturated rings. The Morgan fingerprint density at radius 1 is 1.56 bits per heavy atom. The largest absolute Gasteiger partial charge is 0.364 e. The molecule has 0 spiro atoms. The summed E-state index contributed by atoms with van der Waals surface area (Å²) in [4.78, 5) is 0. The molecule has 0 N–H and O–H groups in total. The van der Waals surface area contributed by atoms with E-state index in [4.69, 9.17) is 4.74 Å². The molecular formula is C4H9NO3S. The SMILES string of the molecule is CS(=O)(=O)N1CCOC1. The number of sulfonamides is 1. The van der Waals surface area contributed by atoms with E-state index in [1.165, 1.54) is 10.6 Å². The van der Waals surface area contributed by atoms with Crippen molar-refractivity contribution in [3.8, 4) is 0 Å². The molecule has 5 heteroatoms. The van der Waals surface area contributed by atoms with E-state index < -0.39 is 10.0 Å². The highest BCUT2D eigenvalue weighted by molar-refractivity contribution is 7.88. The van der Waals surface area contributed by atoms with E-state index in [2.05, 4.69) is 0 Å². The minimum Gasteiger partial charge on any atom is -0.364 e. The van der Waals surface area contributed by atoms with Crippen molar-refractivity contribution in [1.29, 1.82) is 0 Å². The first-order chi connectivity index (χ1) is 4.11. The van der Waals surface area contributed by atoms with Gasteiger partial charge in [0.15, 0.2) is 0 Å². The van der Waals surface area contributed by atoms with Crippen LogP contribution < -0.4 is 0 Å². The Kier molecular flexibility index (Phi) is 1.74. The second-order valence-electron chi connectivity index (χ2n) is 1.98. The zero-order valence-corrected chi connectivity index (χ0v) is 6.02. The highest BCUT2D eigenvalue weighted by atomic mass is 32.2. The Hall–Kier alpha value is -0.130. The molecule has 0 radical (unpaired) electrons. The molecule has 0 atom stereocenters. The summed E-state index contributed by atoms with van der Waals surface area (Å²) in [7, 11) is -2.99. The highest BCUT2D eigenvalue weighted by Crippen LogP contribution is 2.03. The number of hydrogen-bond acceptors (Lipinski definition) is 3. The molecule has 0 aromatic carbocycles. The normalized spacial score (nSPS) is 22.8. The van der Waals surface area contributed by atoms with Gasteiger partial charge in [0.25, 0.3) is 0 Å². The van der Waals surface area contributed by atoms with Crippen LogP contribution >= 0.6 is 0 Å². The quantitative estimate of drug-likeness (QED) is 0.494. The highest BCUT2D eigenvalue weighted by Gasteiger charge is 2.20. The number of ether oxygens (including phenoxy) is 1. The van der Waals surface area contributed by atoms with Crippen LogP contribution in [0.15, 0.2) is 0 Å². The Morgan fingerprint density at radius 3 is 2.44 bits per heavy atom. The smallest absolute Gasteiger partial charge is 0.213 e. The second kappa shape index (κ2) is 2.24. The first-order valence-electron chi connectivity index (χ1n) is 2.63. The summed E-state index contributed by atoms with van der Waals surface area (Å²) in [6, 6.07) is 0. The van der Waals surface area contributed by atoms with E-state index in [-0.39, 0.29) is 6.73 Å². The predicted octanol–water partition coefficient (Wildman–Crippen LogP) is -0.764. The van der Waals surface area contributed by atoms with Gasteiger partial charge in [0.05, 0.1) is 12.9 Å². The summed E-state index contributed by atoms with van der Waals surface area (Å²) >= 11 is 0. The maximum absolute atomic E-state index is 10.7. The average molecular weight is 151 g/mol. The Labute approximate surface area is 54.5 Å². The van der Waals surface area contributed by atoms with Gasteiger partial charge < -0.3 is 4.74 Å². The predicted molar refractivity (Wildman–Crippen MR) is 32.4 cm³/mol. The van der Waals surface area contributed by atoms with E-state index in [1.54, 1.807) is 0 Å². The van der Waals surface area contributed by atoms with Crippen LogP contribution in [0.3, 0.4) is 0 Å². The summed E-state index contributed by atoms with van der Waals surface area (Å²) in [5.74, 6) is 0. The van der Waals surface area contributed by atoms with Crippen molar-refractivity contribution in [3.05, 3.63) is 0 Å². The lowest BCUT2D eigenvalue weighted by molar-refractivity contribution is 0.172. The van der Waals surface area contributed by atoms with Crippen molar-refractivity contribution >= 4 is 10.0 Å². The standard InChI is InChI=1S/C4H9NO3S/c1-9(6,7)5-2-3-8-4-5/h2-4H2,1H3. The van der Waals surface area contributed by atoms with Gasteiger partial charge in [0.2, 0.25) is 10.0 Å². The van der Waals surface area contributed by atoms with Crippen LogP contribution in [0.25, 0.3) is 0 Å². The van der Waals surface area contributed by atoms with Crippen molar-refractivity contribution in [2.75, 3.05) is 26.1 Å². The molecule has 1 aliphatic heterocycles. The van der Waals surface area contributed by atoms with Crippen LogP contribution in [0.2, 0.25) is 0 Å². The monoisotopic (exact) mass is 151 g/mol. The molecule has 0 aromatic rings. The zero-order valence-electron chi connectivity index (χ0n) is 5.20. The van der Waals surface area contributed by atoms with Gasteiger partial charge in [-0.15, -0.1) is 0 Å². The van der Waals surface area contributed by atoms with Gasteiger partial charge >= 0.3 is 0 Å². The molecule has 0 saturated carbocycles. The van der Waals surface area contributed by atoms with Gasteiger partial charge in [0, 0.05) is 6.54 Å². The molecule has 1 saturated heterocycles. The molecule has 4 nitrogen and oxygen atoms in total. The van der Waals surface area contributed by atoms with Gasteiger partial charge in [0.1, 0.15) is 6.73 Å². The third kappa shape index (κ3) is 1.64. The molecular weight excluding hydrogens is 142 g/mol. The zero-order chi connectivity index (χ0) is 6.91. The molecule has 0 amide bonds. The third-order valence-electron chi connectivity index (χ3n) is 1.19. The Balaban J connectivity index is 2.63. The van der Waals surface area contributed by atoms with Crippen LogP contribution in [-0.4, -0.2) is 38.9 Å². The second-order valence-corrected chi connectivity index (χ2v) is 3.96. The third-order valence-corrected chi connectivity index (χ3v) is 2.42. The van der Waals surface area contributed by atoms with E-state index >= 15 is 0 Å². The van der Waals surface area contributed by atoms with Crippen molar-refractivity contribution in [3.63, 3.8) is 0 Å². The molecule has 0 bridgehead atoms. The molecule has 0 aromatic heterocycles. The van der Waals surface area contributed by atoms with Crippen molar-refractivity contribution in [2.45, 2.75) is 0 Å². The number of hydrogen-bond donors (Lipinski definition) is 0. The minimum atomic E-state index is -2.99.